The third-order valence-electron chi connectivity index (χ3n) is 4.08. The Kier molecular flexibility index (Phi) is 4.92. The van der Waals surface area contributed by atoms with Crippen molar-refractivity contribution in [1.82, 2.24) is 25.4 Å². The first kappa shape index (κ1) is 17.5. The van der Waals surface area contributed by atoms with Gasteiger partial charge in [0, 0.05) is 42.4 Å². The van der Waals surface area contributed by atoms with Crippen molar-refractivity contribution < 1.29 is 14.7 Å². The maximum atomic E-state index is 12.6. The smallest absolute Gasteiger partial charge is 0.270 e. The number of benzene rings is 1. The molecule has 0 aliphatic rings. The summed E-state index contributed by atoms with van der Waals surface area (Å²) in [6, 6.07) is 8.24. The van der Waals surface area contributed by atoms with Gasteiger partial charge in [-0.2, -0.15) is 5.10 Å². The van der Waals surface area contributed by atoms with E-state index in [2.05, 4.69) is 20.5 Å². The van der Waals surface area contributed by atoms with Crippen molar-refractivity contribution in [3.05, 3.63) is 47.9 Å². The lowest BCUT2D eigenvalue weighted by atomic mass is 10.2. The van der Waals surface area contributed by atoms with Gasteiger partial charge in [0.05, 0.1) is 6.42 Å². The maximum absolute atomic E-state index is 12.6. The second kappa shape index (κ2) is 7.30. The van der Waals surface area contributed by atoms with Gasteiger partial charge >= 0.3 is 0 Å². The van der Waals surface area contributed by atoms with Gasteiger partial charge in [-0.1, -0.05) is 6.07 Å². The number of rotatable bonds is 6. The van der Waals surface area contributed by atoms with Crippen LogP contribution in [0.3, 0.4) is 0 Å². The summed E-state index contributed by atoms with van der Waals surface area (Å²) < 4.78 is 0. The van der Waals surface area contributed by atoms with Gasteiger partial charge in [0.25, 0.3) is 5.91 Å². The number of nitrogens with zero attached hydrogens (tertiary/aromatic N) is 2. The normalized spacial score (nSPS) is 12.1. The lowest BCUT2D eigenvalue weighted by molar-refractivity contribution is -0.121. The van der Waals surface area contributed by atoms with Gasteiger partial charge in [-0.25, -0.2) is 0 Å². The van der Waals surface area contributed by atoms with Crippen molar-refractivity contribution >= 4 is 22.7 Å². The van der Waals surface area contributed by atoms with Crippen LogP contribution in [0.5, 0.6) is 5.75 Å². The molecule has 0 bridgehead atoms. The van der Waals surface area contributed by atoms with Crippen LogP contribution in [0.25, 0.3) is 10.9 Å². The summed E-state index contributed by atoms with van der Waals surface area (Å²) in [4.78, 5) is 29.1. The maximum Gasteiger partial charge on any atom is 0.270 e. The number of phenolic OH excluding ortho intramolecular Hbond substituents is 1. The van der Waals surface area contributed by atoms with Crippen LogP contribution < -0.4 is 5.32 Å². The summed E-state index contributed by atoms with van der Waals surface area (Å²) in [6.45, 7) is 2.20. The third kappa shape index (κ3) is 3.85. The first-order chi connectivity index (χ1) is 12.4. The van der Waals surface area contributed by atoms with Crippen LogP contribution in [0, 0.1) is 0 Å². The molecule has 1 aromatic carbocycles. The zero-order valence-corrected chi connectivity index (χ0v) is 14.6. The number of amides is 2. The Labute approximate surface area is 150 Å². The SMILES string of the molecule is CC(CN(C)C(=O)c1cc2c(O)cccc2[nH]1)NC(=O)Cc1ccn[nH]1. The minimum Gasteiger partial charge on any atom is -0.507 e. The summed E-state index contributed by atoms with van der Waals surface area (Å²) in [6.07, 6.45) is 1.81. The molecule has 4 N–H and O–H groups in total. The lowest BCUT2D eigenvalue weighted by Crippen LogP contribution is -2.43. The number of fused-ring (bicyclic) bond motifs is 1. The fourth-order valence-electron chi connectivity index (χ4n) is 2.88. The zero-order valence-electron chi connectivity index (χ0n) is 14.6. The van der Waals surface area contributed by atoms with E-state index in [-0.39, 0.29) is 30.0 Å². The molecule has 136 valence electrons. The Morgan fingerprint density at radius 2 is 2.15 bits per heavy atom. The van der Waals surface area contributed by atoms with E-state index in [4.69, 9.17) is 0 Å². The van der Waals surface area contributed by atoms with Crippen molar-refractivity contribution in [2.75, 3.05) is 13.6 Å². The van der Waals surface area contributed by atoms with Crippen LogP contribution in [0.15, 0.2) is 36.5 Å². The highest BCUT2D eigenvalue weighted by atomic mass is 16.3. The number of carbonyl (C=O) groups is 2. The molecule has 0 saturated carbocycles. The first-order valence-electron chi connectivity index (χ1n) is 8.28. The Morgan fingerprint density at radius 1 is 1.35 bits per heavy atom. The summed E-state index contributed by atoms with van der Waals surface area (Å²) in [5, 5.41) is 19.9. The second-order valence-electron chi connectivity index (χ2n) is 6.33. The van der Waals surface area contributed by atoms with E-state index in [0.29, 0.717) is 23.1 Å². The number of nitrogens with one attached hydrogen (secondary N) is 3. The molecule has 2 heterocycles. The molecule has 1 unspecified atom stereocenters. The van der Waals surface area contributed by atoms with Crippen LogP contribution >= 0.6 is 0 Å². The minimum absolute atomic E-state index is 0.125. The van der Waals surface area contributed by atoms with E-state index in [1.54, 1.807) is 43.6 Å². The number of phenols is 1. The molecule has 0 radical (unpaired) electrons. The number of hydrogen-bond acceptors (Lipinski definition) is 4. The summed E-state index contributed by atoms with van der Waals surface area (Å²) in [5.74, 6) is -0.228. The number of likely N-dealkylation sites (N-methyl/N-ethyl adjacent to an activating group) is 1. The van der Waals surface area contributed by atoms with Crippen LogP contribution in [-0.2, 0) is 11.2 Å². The highest BCUT2D eigenvalue weighted by molar-refractivity contribution is 5.99. The molecular weight excluding hydrogens is 334 g/mol. The van der Waals surface area contributed by atoms with Crippen LogP contribution in [0.4, 0.5) is 0 Å². The van der Waals surface area contributed by atoms with Crippen molar-refractivity contribution in [3.8, 4) is 5.75 Å². The van der Waals surface area contributed by atoms with Crippen molar-refractivity contribution in [2.24, 2.45) is 0 Å². The first-order valence-corrected chi connectivity index (χ1v) is 8.28. The van der Waals surface area contributed by atoms with Gasteiger partial charge < -0.3 is 20.3 Å². The number of aromatic amines is 2. The van der Waals surface area contributed by atoms with E-state index in [1.807, 2.05) is 6.92 Å². The molecule has 2 aromatic heterocycles. The number of aromatic hydroxyl groups is 1. The third-order valence-corrected chi connectivity index (χ3v) is 4.08. The van der Waals surface area contributed by atoms with Crippen molar-refractivity contribution in [1.29, 1.82) is 0 Å². The monoisotopic (exact) mass is 355 g/mol. The standard InChI is InChI=1S/C18H21N5O3/c1-11(20-17(25)8-12-6-7-19-22-12)10-23(2)18(26)15-9-13-14(21-15)4-3-5-16(13)24/h3-7,9,11,21,24H,8,10H2,1-2H3,(H,19,22)(H,20,25). The number of H-pyrrole nitrogens is 2. The summed E-state index contributed by atoms with van der Waals surface area (Å²) in [7, 11) is 1.67. The molecule has 0 spiro atoms. The Bertz CT molecular complexity index is 916. The molecule has 0 saturated heterocycles. The fraction of sp³-hybridized carbons (Fsp3) is 0.278. The van der Waals surface area contributed by atoms with E-state index in [0.717, 1.165) is 5.69 Å². The molecule has 0 aliphatic heterocycles. The molecule has 0 fully saturated rings. The van der Waals surface area contributed by atoms with Crippen molar-refractivity contribution in [3.63, 3.8) is 0 Å². The molecule has 3 aromatic rings. The Morgan fingerprint density at radius 3 is 2.85 bits per heavy atom. The molecule has 3 rings (SSSR count). The molecule has 2 amide bonds. The second-order valence-corrected chi connectivity index (χ2v) is 6.33. The van der Waals surface area contributed by atoms with E-state index >= 15 is 0 Å². The van der Waals surface area contributed by atoms with E-state index in [1.165, 1.54) is 4.90 Å². The molecule has 1 atom stereocenters. The van der Waals surface area contributed by atoms with Crippen LogP contribution in [0.1, 0.15) is 23.1 Å². The minimum atomic E-state index is -0.213. The largest absolute Gasteiger partial charge is 0.507 e. The number of carbonyl (C=O) groups excluding carboxylic acids is 2. The van der Waals surface area contributed by atoms with Crippen molar-refractivity contribution in [2.45, 2.75) is 19.4 Å². The highest BCUT2D eigenvalue weighted by Gasteiger charge is 2.18. The highest BCUT2D eigenvalue weighted by Crippen LogP contribution is 2.25. The summed E-state index contributed by atoms with van der Waals surface area (Å²) in [5.41, 5.74) is 1.82. The van der Waals surface area contributed by atoms with Gasteiger partial charge in [0.15, 0.2) is 0 Å². The van der Waals surface area contributed by atoms with E-state index < -0.39 is 0 Å². The van der Waals surface area contributed by atoms with Gasteiger partial charge in [0.1, 0.15) is 11.4 Å². The predicted molar refractivity (Wildman–Crippen MR) is 96.8 cm³/mol. The lowest BCUT2D eigenvalue weighted by Gasteiger charge is -2.22. The Hall–Kier alpha value is -3.29. The average Bonchev–Trinajstić information content (AvgIpc) is 3.23. The topological polar surface area (TPSA) is 114 Å². The number of hydrogen-bond donors (Lipinski definition) is 4. The van der Waals surface area contributed by atoms with Gasteiger partial charge in [-0.05, 0) is 31.2 Å². The van der Waals surface area contributed by atoms with Crippen LogP contribution in [-0.4, -0.2) is 56.6 Å². The zero-order chi connectivity index (χ0) is 18.7. The van der Waals surface area contributed by atoms with Gasteiger partial charge in [-0.3, -0.25) is 14.7 Å². The van der Waals surface area contributed by atoms with Gasteiger partial charge in [0.2, 0.25) is 5.91 Å². The summed E-state index contributed by atoms with van der Waals surface area (Å²) >= 11 is 0. The quantitative estimate of drug-likeness (QED) is 0.535. The van der Waals surface area contributed by atoms with Gasteiger partial charge in [-0.15, -0.1) is 0 Å². The predicted octanol–water partition coefficient (Wildman–Crippen LogP) is 1.42. The molecule has 8 nitrogen and oxygen atoms in total. The fourth-order valence-corrected chi connectivity index (χ4v) is 2.88. The molecule has 26 heavy (non-hydrogen) atoms. The molecule has 0 aliphatic carbocycles. The average molecular weight is 355 g/mol. The molecule has 8 heteroatoms. The van der Waals surface area contributed by atoms with Crippen LogP contribution in [0.2, 0.25) is 0 Å². The Balaban J connectivity index is 1.59. The number of aromatic nitrogens is 3. The van der Waals surface area contributed by atoms with E-state index in [9.17, 15) is 14.7 Å². The molecular formula is C18H21N5O3.